The summed E-state index contributed by atoms with van der Waals surface area (Å²) >= 11 is 0. The molecule has 0 bridgehead atoms. The molecule has 1 unspecified atom stereocenters. The Bertz CT molecular complexity index is 1540. The Morgan fingerprint density at radius 2 is 1.67 bits per heavy atom. The minimum atomic E-state index is -1.12. The van der Waals surface area contributed by atoms with E-state index in [0.29, 0.717) is 29.4 Å². The van der Waals surface area contributed by atoms with E-state index in [1.54, 1.807) is 24.3 Å². The zero-order valence-corrected chi connectivity index (χ0v) is 21.8. The second-order valence-electron chi connectivity index (χ2n) is 9.45. The van der Waals surface area contributed by atoms with Crippen LogP contribution in [0.1, 0.15) is 44.5 Å². The number of para-hydroxylation sites is 2. The molecular formula is C31H29N3O5. The number of benzene rings is 3. The maximum atomic E-state index is 13.7. The van der Waals surface area contributed by atoms with E-state index in [2.05, 4.69) is 22.3 Å². The number of hydrogen-bond acceptors (Lipinski definition) is 7. The van der Waals surface area contributed by atoms with Gasteiger partial charge in [0.1, 0.15) is 0 Å². The minimum absolute atomic E-state index is 0.208. The standard InChI is InChI=1S/C31H29N3O5/c1-20(29(35)33-26-15-9-7-13-23(26)30(36)38-2)39-31(37)28-22-12-6-8-14-25(22)32-27-16-17-34(19-24(27)28)18-21-10-4-3-5-11-21/h3-15,20H,16-19H2,1-2H3,(H,33,35). The van der Waals surface area contributed by atoms with E-state index in [1.807, 2.05) is 42.5 Å². The van der Waals surface area contributed by atoms with Crippen molar-refractivity contribution in [2.75, 3.05) is 19.0 Å². The first kappa shape index (κ1) is 26.1. The number of rotatable bonds is 7. The minimum Gasteiger partial charge on any atom is -0.465 e. The normalized spacial score (nSPS) is 13.8. The van der Waals surface area contributed by atoms with Gasteiger partial charge in [-0.05, 0) is 30.7 Å². The fourth-order valence-corrected chi connectivity index (χ4v) is 4.84. The molecule has 8 heteroatoms. The maximum Gasteiger partial charge on any atom is 0.339 e. The van der Waals surface area contributed by atoms with E-state index >= 15 is 0 Å². The third kappa shape index (κ3) is 5.66. The zero-order chi connectivity index (χ0) is 27.4. The van der Waals surface area contributed by atoms with Crippen molar-refractivity contribution in [2.24, 2.45) is 0 Å². The first-order chi connectivity index (χ1) is 18.9. The number of hydrogen-bond donors (Lipinski definition) is 1. The summed E-state index contributed by atoms with van der Waals surface area (Å²) in [6.45, 7) is 3.62. The van der Waals surface area contributed by atoms with Crippen molar-refractivity contribution in [3.63, 3.8) is 0 Å². The molecule has 0 saturated carbocycles. The topological polar surface area (TPSA) is 97.8 Å². The lowest BCUT2D eigenvalue weighted by Gasteiger charge is -2.30. The quantitative estimate of drug-likeness (QED) is 0.349. The van der Waals surface area contributed by atoms with Crippen molar-refractivity contribution >= 4 is 34.4 Å². The predicted molar refractivity (Wildman–Crippen MR) is 147 cm³/mol. The van der Waals surface area contributed by atoms with Crippen molar-refractivity contribution in [3.8, 4) is 0 Å². The van der Waals surface area contributed by atoms with Crippen LogP contribution in [0.25, 0.3) is 10.9 Å². The van der Waals surface area contributed by atoms with Gasteiger partial charge >= 0.3 is 11.9 Å². The van der Waals surface area contributed by atoms with Gasteiger partial charge in [0.2, 0.25) is 0 Å². The largest absolute Gasteiger partial charge is 0.465 e. The number of methoxy groups -OCH3 is 1. The lowest BCUT2D eigenvalue weighted by molar-refractivity contribution is -0.123. The van der Waals surface area contributed by atoms with Crippen molar-refractivity contribution in [1.82, 2.24) is 9.88 Å². The molecule has 0 fully saturated rings. The number of ether oxygens (including phenoxy) is 2. The SMILES string of the molecule is COC(=O)c1ccccc1NC(=O)C(C)OC(=O)c1c2c(nc3ccccc13)CCN(Cc1ccccc1)C2. The summed E-state index contributed by atoms with van der Waals surface area (Å²) in [5.41, 5.74) is 4.52. The van der Waals surface area contributed by atoms with Crippen LogP contribution in [0.4, 0.5) is 5.69 Å². The van der Waals surface area contributed by atoms with Gasteiger partial charge in [-0.2, -0.15) is 0 Å². The lowest BCUT2D eigenvalue weighted by atomic mass is 9.95. The van der Waals surface area contributed by atoms with Crippen LogP contribution in [-0.2, 0) is 33.8 Å². The van der Waals surface area contributed by atoms with E-state index in [0.717, 1.165) is 24.3 Å². The first-order valence-electron chi connectivity index (χ1n) is 12.8. The molecule has 0 saturated heterocycles. The summed E-state index contributed by atoms with van der Waals surface area (Å²) in [5.74, 6) is -1.72. The van der Waals surface area contributed by atoms with E-state index in [1.165, 1.54) is 19.6 Å². The number of amides is 1. The van der Waals surface area contributed by atoms with Crippen LogP contribution in [0.3, 0.4) is 0 Å². The number of aromatic nitrogens is 1. The summed E-state index contributed by atoms with van der Waals surface area (Å²) in [6.07, 6.45) is -0.414. The molecular weight excluding hydrogens is 494 g/mol. The highest BCUT2D eigenvalue weighted by Gasteiger charge is 2.29. The molecule has 3 aromatic carbocycles. The van der Waals surface area contributed by atoms with Crippen LogP contribution in [0.2, 0.25) is 0 Å². The van der Waals surface area contributed by atoms with Crippen LogP contribution in [-0.4, -0.2) is 47.5 Å². The smallest absolute Gasteiger partial charge is 0.339 e. The molecule has 1 N–H and O–H groups in total. The van der Waals surface area contributed by atoms with Gasteiger partial charge in [0.05, 0.1) is 29.4 Å². The summed E-state index contributed by atoms with van der Waals surface area (Å²) in [6, 6.07) is 24.2. The number of esters is 2. The number of carbonyl (C=O) groups is 3. The monoisotopic (exact) mass is 523 g/mol. The number of pyridine rings is 1. The number of anilines is 1. The Labute approximate surface area is 226 Å². The van der Waals surface area contributed by atoms with Crippen molar-refractivity contribution < 1.29 is 23.9 Å². The summed E-state index contributed by atoms with van der Waals surface area (Å²) in [7, 11) is 1.27. The zero-order valence-electron chi connectivity index (χ0n) is 21.8. The summed E-state index contributed by atoms with van der Waals surface area (Å²) < 4.78 is 10.5. The summed E-state index contributed by atoms with van der Waals surface area (Å²) in [5, 5.41) is 3.37. The molecule has 198 valence electrons. The van der Waals surface area contributed by atoms with Gasteiger partial charge in [-0.1, -0.05) is 60.7 Å². The second-order valence-corrected chi connectivity index (χ2v) is 9.45. The Hall–Kier alpha value is -4.56. The van der Waals surface area contributed by atoms with Crippen LogP contribution in [0.15, 0.2) is 78.9 Å². The number of carbonyl (C=O) groups excluding carboxylic acids is 3. The third-order valence-corrected chi connectivity index (χ3v) is 6.82. The Morgan fingerprint density at radius 3 is 2.46 bits per heavy atom. The van der Waals surface area contributed by atoms with Gasteiger partial charge in [0.25, 0.3) is 5.91 Å². The average molecular weight is 524 g/mol. The van der Waals surface area contributed by atoms with E-state index in [9.17, 15) is 14.4 Å². The Kier molecular flexibility index (Phi) is 7.65. The summed E-state index contributed by atoms with van der Waals surface area (Å²) in [4.78, 5) is 45.9. The fraction of sp³-hybridized carbons (Fsp3) is 0.226. The number of fused-ring (bicyclic) bond motifs is 2. The second kappa shape index (κ2) is 11.4. The Morgan fingerprint density at radius 1 is 0.949 bits per heavy atom. The lowest BCUT2D eigenvalue weighted by Crippen LogP contribution is -2.34. The molecule has 0 spiro atoms. The van der Waals surface area contributed by atoms with Gasteiger partial charge in [-0.25, -0.2) is 9.59 Å². The molecule has 1 aliphatic heterocycles. The van der Waals surface area contributed by atoms with Crippen molar-refractivity contribution in [2.45, 2.75) is 32.5 Å². The highest BCUT2D eigenvalue weighted by Crippen LogP contribution is 2.30. The number of nitrogens with one attached hydrogen (secondary N) is 1. The highest BCUT2D eigenvalue weighted by atomic mass is 16.5. The molecule has 8 nitrogen and oxygen atoms in total. The van der Waals surface area contributed by atoms with Crippen LogP contribution in [0, 0.1) is 0 Å². The molecule has 0 aliphatic carbocycles. The van der Waals surface area contributed by atoms with Crippen molar-refractivity contribution in [3.05, 3.63) is 107 Å². The Balaban J connectivity index is 1.40. The molecule has 1 aliphatic rings. The van der Waals surface area contributed by atoms with E-state index in [-0.39, 0.29) is 11.3 Å². The van der Waals surface area contributed by atoms with Gasteiger partial charge in [-0.3, -0.25) is 14.7 Å². The van der Waals surface area contributed by atoms with Gasteiger partial charge in [0, 0.05) is 42.7 Å². The van der Waals surface area contributed by atoms with Crippen LogP contribution >= 0.6 is 0 Å². The van der Waals surface area contributed by atoms with Crippen LogP contribution < -0.4 is 5.32 Å². The third-order valence-electron chi connectivity index (χ3n) is 6.82. The molecule has 1 aromatic heterocycles. The fourth-order valence-electron chi connectivity index (χ4n) is 4.84. The molecule has 39 heavy (non-hydrogen) atoms. The number of nitrogens with zero attached hydrogens (tertiary/aromatic N) is 2. The predicted octanol–water partition coefficient (Wildman–Crippen LogP) is 4.76. The van der Waals surface area contributed by atoms with Gasteiger partial charge in [-0.15, -0.1) is 0 Å². The maximum absolute atomic E-state index is 13.7. The first-order valence-corrected chi connectivity index (χ1v) is 12.8. The average Bonchev–Trinajstić information content (AvgIpc) is 2.96. The van der Waals surface area contributed by atoms with Gasteiger partial charge < -0.3 is 14.8 Å². The van der Waals surface area contributed by atoms with Crippen LogP contribution in [0.5, 0.6) is 0 Å². The molecule has 0 radical (unpaired) electrons. The van der Waals surface area contributed by atoms with E-state index < -0.39 is 23.9 Å². The molecule has 1 amide bonds. The van der Waals surface area contributed by atoms with E-state index in [4.69, 9.17) is 14.5 Å². The molecule has 4 aromatic rings. The molecule has 5 rings (SSSR count). The van der Waals surface area contributed by atoms with Crippen molar-refractivity contribution in [1.29, 1.82) is 0 Å². The molecule has 2 heterocycles. The molecule has 1 atom stereocenters. The highest BCUT2D eigenvalue weighted by molar-refractivity contribution is 6.07. The van der Waals surface area contributed by atoms with Gasteiger partial charge in [0.15, 0.2) is 6.10 Å².